The number of hydrogen-bond donors (Lipinski definition) is 3. The fourth-order valence-electron chi connectivity index (χ4n) is 1.32. The molecule has 2 amide bonds. The lowest BCUT2D eigenvalue weighted by molar-refractivity contribution is -0.127. The van der Waals surface area contributed by atoms with Crippen LogP contribution in [-0.4, -0.2) is 29.9 Å². The van der Waals surface area contributed by atoms with E-state index in [-0.39, 0.29) is 23.9 Å². The first-order chi connectivity index (χ1) is 7.76. The number of unbranched alkanes of at least 4 members (excludes halogenated alkanes) is 1. The molecule has 5 heteroatoms. The molecule has 0 aromatic heterocycles. The van der Waals surface area contributed by atoms with Crippen LogP contribution in [0.5, 0.6) is 0 Å². The largest absolute Gasteiger partial charge is 0.350 e. The van der Waals surface area contributed by atoms with Crippen LogP contribution in [0.25, 0.3) is 0 Å². The molecule has 0 aliphatic carbocycles. The zero-order valence-electron chi connectivity index (χ0n) is 11.3. The lowest BCUT2D eigenvalue weighted by Crippen LogP contribution is -2.48. The van der Waals surface area contributed by atoms with E-state index < -0.39 is 6.04 Å². The zero-order chi connectivity index (χ0) is 13.5. The molecule has 100 valence electrons. The Morgan fingerprint density at radius 1 is 1.29 bits per heavy atom. The number of carbonyl (C=O) groups is 2. The van der Waals surface area contributed by atoms with Crippen molar-refractivity contribution in [3.05, 3.63) is 0 Å². The summed E-state index contributed by atoms with van der Waals surface area (Å²) in [6.45, 7) is 7.69. The van der Waals surface area contributed by atoms with E-state index in [1.807, 2.05) is 27.7 Å². The minimum atomic E-state index is -0.516. The van der Waals surface area contributed by atoms with Crippen molar-refractivity contribution >= 4 is 11.8 Å². The molecule has 0 fully saturated rings. The number of nitrogens with one attached hydrogen (secondary N) is 2. The molecule has 0 heterocycles. The maximum Gasteiger partial charge on any atom is 0.239 e. The highest BCUT2D eigenvalue weighted by Crippen LogP contribution is 1.99. The molecule has 0 radical (unpaired) electrons. The first-order valence-electron chi connectivity index (χ1n) is 6.10. The van der Waals surface area contributed by atoms with Crippen LogP contribution in [0.4, 0.5) is 0 Å². The van der Waals surface area contributed by atoms with Gasteiger partial charge in [-0.1, -0.05) is 19.8 Å². The van der Waals surface area contributed by atoms with Gasteiger partial charge in [-0.15, -0.1) is 0 Å². The first kappa shape index (κ1) is 15.9. The maximum absolute atomic E-state index is 11.5. The van der Waals surface area contributed by atoms with Gasteiger partial charge in [-0.2, -0.15) is 0 Å². The minimum Gasteiger partial charge on any atom is -0.350 e. The van der Waals surface area contributed by atoms with Crippen LogP contribution in [0.15, 0.2) is 0 Å². The Labute approximate surface area is 104 Å². The van der Waals surface area contributed by atoms with E-state index in [4.69, 9.17) is 5.73 Å². The van der Waals surface area contributed by atoms with Crippen molar-refractivity contribution in [2.75, 3.05) is 6.54 Å². The van der Waals surface area contributed by atoms with Gasteiger partial charge in [0.15, 0.2) is 0 Å². The van der Waals surface area contributed by atoms with Gasteiger partial charge in [-0.3, -0.25) is 9.59 Å². The molecule has 1 atom stereocenters. The molecule has 5 nitrogen and oxygen atoms in total. The van der Waals surface area contributed by atoms with Gasteiger partial charge in [0.25, 0.3) is 0 Å². The summed E-state index contributed by atoms with van der Waals surface area (Å²) in [5.41, 5.74) is 5.39. The molecule has 0 spiro atoms. The molecule has 0 aliphatic rings. The third-order valence-electron chi connectivity index (χ3n) is 2.14. The molecule has 1 unspecified atom stereocenters. The van der Waals surface area contributed by atoms with E-state index >= 15 is 0 Å². The van der Waals surface area contributed by atoms with Crippen LogP contribution in [0, 0.1) is 0 Å². The van der Waals surface area contributed by atoms with Crippen LogP contribution in [-0.2, 0) is 9.59 Å². The van der Waals surface area contributed by atoms with Crippen LogP contribution in [0.3, 0.4) is 0 Å². The third kappa shape index (κ3) is 8.68. The summed E-state index contributed by atoms with van der Waals surface area (Å²) in [7, 11) is 0. The average Bonchev–Trinajstić information content (AvgIpc) is 2.20. The molecular formula is C12H25N3O2. The molecule has 4 N–H and O–H groups in total. The highest BCUT2D eigenvalue weighted by atomic mass is 16.2. The fourth-order valence-corrected chi connectivity index (χ4v) is 1.32. The van der Waals surface area contributed by atoms with Gasteiger partial charge < -0.3 is 16.4 Å². The molecule has 0 aliphatic heterocycles. The SMILES string of the molecule is CCCCC(N)C(=O)NCC(=O)NC(C)(C)C. The topological polar surface area (TPSA) is 84.2 Å². The Bertz CT molecular complexity index is 259. The maximum atomic E-state index is 11.5. The van der Waals surface area contributed by atoms with Crippen molar-refractivity contribution in [2.45, 2.75) is 58.5 Å². The van der Waals surface area contributed by atoms with Gasteiger partial charge in [-0.25, -0.2) is 0 Å². The molecule has 0 saturated heterocycles. The predicted octanol–water partition coefficient (Wildman–Crippen LogP) is 0.535. The molecule has 0 aromatic carbocycles. The standard InChI is InChI=1S/C12H25N3O2/c1-5-6-7-9(13)11(17)14-8-10(16)15-12(2,3)4/h9H,5-8,13H2,1-4H3,(H,14,17)(H,15,16). The van der Waals surface area contributed by atoms with Gasteiger partial charge in [0.05, 0.1) is 12.6 Å². The Kier molecular flexibility index (Phi) is 6.80. The van der Waals surface area contributed by atoms with Crippen LogP contribution in [0.1, 0.15) is 47.0 Å². The summed E-state index contributed by atoms with van der Waals surface area (Å²) in [6, 6.07) is -0.516. The van der Waals surface area contributed by atoms with E-state index in [1.165, 1.54) is 0 Å². The van der Waals surface area contributed by atoms with E-state index in [0.29, 0.717) is 6.42 Å². The Morgan fingerprint density at radius 2 is 1.88 bits per heavy atom. The predicted molar refractivity (Wildman–Crippen MR) is 68.4 cm³/mol. The zero-order valence-corrected chi connectivity index (χ0v) is 11.3. The minimum absolute atomic E-state index is 0.0179. The summed E-state index contributed by atoms with van der Waals surface area (Å²) in [4.78, 5) is 22.9. The third-order valence-corrected chi connectivity index (χ3v) is 2.14. The van der Waals surface area contributed by atoms with Crippen molar-refractivity contribution < 1.29 is 9.59 Å². The number of rotatable bonds is 6. The lowest BCUT2D eigenvalue weighted by Gasteiger charge is -2.21. The van der Waals surface area contributed by atoms with Gasteiger partial charge in [0.1, 0.15) is 0 Å². The summed E-state index contributed by atoms with van der Waals surface area (Å²) in [5.74, 6) is -0.462. The highest BCUT2D eigenvalue weighted by Gasteiger charge is 2.16. The van der Waals surface area contributed by atoms with E-state index in [2.05, 4.69) is 10.6 Å². The quantitative estimate of drug-likeness (QED) is 0.636. The lowest BCUT2D eigenvalue weighted by atomic mass is 10.1. The van der Waals surface area contributed by atoms with Gasteiger partial charge in [0, 0.05) is 5.54 Å². The van der Waals surface area contributed by atoms with E-state index in [0.717, 1.165) is 12.8 Å². The molecule has 0 aromatic rings. The van der Waals surface area contributed by atoms with Gasteiger partial charge in [0.2, 0.25) is 11.8 Å². The summed E-state index contributed by atoms with van der Waals surface area (Å²) >= 11 is 0. The van der Waals surface area contributed by atoms with Crippen molar-refractivity contribution in [3.8, 4) is 0 Å². The van der Waals surface area contributed by atoms with Crippen molar-refractivity contribution in [1.82, 2.24) is 10.6 Å². The van der Waals surface area contributed by atoms with Crippen molar-refractivity contribution in [3.63, 3.8) is 0 Å². The van der Waals surface area contributed by atoms with Crippen molar-refractivity contribution in [2.24, 2.45) is 5.73 Å². The number of amides is 2. The number of nitrogens with two attached hydrogens (primary N) is 1. The second-order valence-electron chi connectivity index (χ2n) is 5.26. The van der Waals surface area contributed by atoms with E-state index in [9.17, 15) is 9.59 Å². The molecule has 0 bridgehead atoms. The second kappa shape index (κ2) is 7.27. The van der Waals surface area contributed by atoms with Crippen LogP contribution >= 0.6 is 0 Å². The smallest absolute Gasteiger partial charge is 0.239 e. The molecule has 0 saturated carbocycles. The monoisotopic (exact) mass is 243 g/mol. The first-order valence-corrected chi connectivity index (χ1v) is 6.10. The molecular weight excluding hydrogens is 218 g/mol. The Morgan fingerprint density at radius 3 is 2.35 bits per heavy atom. The fraction of sp³-hybridized carbons (Fsp3) is 0.833. The van der Waals surface area contributed by atoms with Crippen LogP contribution in [0.2, 0.25) is 0 Å². The highest BCUT2D eigenvalue weighted by molar-refractivity contribution is 5.87. The summed E-state index contributed by atoms with van der Waals surface area (Å²) in [6.07, 6.45) is 2.58. The normalized spacial score (nSPS) is 13.0. The Hall–Kier alpha value is -1.10. The molecule has 0 rings (SSSR count). The number of carbonyl (C=O) groups excluding carboxylic acids is 2. The van der Waals surface area contributed by atoms with Gasteiger partial charge >= 0.3 is 0 Å². The average molecular weight is 243 g/mol. The van der Waals surface area contributed by atoms with Gasteiger partial charge in [-0.05, 0) is 27.2 Å². The second-order valence-corrected chi connectivity index (χ2v) is 5.26. The number of hydrogen-bond acceptors (Lipinski definition) is 3. The van der Waals surface area contributed by atoms with E-state index in [1.54, 1.807) is 0 Å². The summed E-state index contributed by atoms with van der Waals surface area (Å²) in [5, 5.41) is 5.30. The summed E-state index contributed by atoms with van der Waals surface area (Å²) < 4.78 is 0. The van der Waals surface area contributed by atoms with Crippen LogP contribution < -0.4 is 16.4 Å². The Balaban J connectivity index is 3.87. The molecule has 17 heavy (non-hydrogen) atoms. The van der Waals surface area contributed by atoms with Crippen molar-refractivity contribution in [1.29, 1.82) is 0 Å².